The summed E-state index contributed by atoms with van der Waals surface area (Å²) in [7, 11) is 0. The molecule has 0 aromatic carbocycles. The average Bonchev–Trinajstić information content (AvgIpc) is 1.87. The van der Waals surface area contributed by atoms with E-state index in [1.165, 1.54) is 0 Å². The van der Waals surface area contributed by atoms with Crippen molar-refractivity contribution in [1.82, 2.24) is 0 Å². The molecule has 0 aliphatic heterocycles. The Morgan fingerprint density at radius 2 is 2.00 bits per heavy atom. The van der Waals surface area contributed by atoms with Gasteiger partial charge in [-0.1, -0.05) is 6.92 Å². The van der Waals surface area contributed by atoms with Crippen LogP contribution >= 0.6 is 0 Å². The molecule has 4 heteroatoms. The standard InChI is InChI=1S/C6H11NO3/c1-2-3-4(8)5(9)6(7)10/h8-9H,2-3H2,1H3,(H2,7,10)/b5-4-. The van der Waals surface area contributed by atoms with Crippen molar-refractivity contribution in [3.05, 3.63) is 11.5 Å². The van der Waals surface area contributed by atoms with Crippen molar-refractivity contribution in [2.75, 3.05) is 0 Å². The van der Waals surface area contributed by atoms with Crippen LogP contribution in [0.1, 0.15) is 19.8 Å². The predicted molar refractivity (Wildman–Crippen MR) is 36.4 cm³/mol. The highest BCUT2D eigenvalue weighted by atomic mass is 16.3. The predicted octanol–water partition coefficient (Wildman–Crippen LogP) is 0.599. The van der Waals surface area contributed by atoms with E-state index in [0.717, 1.165) is 0 Å². The maximum Gasteiger partial charge on any atom is 0.287 e. The van der Waals surface area contributed by atoms with Gasteiger partial charge in [-0.3, -0.25) is 4.79 Å². The summed E-state index contributed by atoms with van der Waals surface area (Å²) in [6.45, 7) is 1.81. The largest absolute Gasteiger partial charge is 0.508 e. The van der Waals surface area contributed by atoms with Gasteiger partial charge in [0.15, 0.2) is 0 Å². The van der Waals surface area contributed by atoms with Gasteiger partial charge in [-0.25, -0.2) is 0 Å². The van der Waals surface area contributed by atoms with E-state index in [1.807, 2.05) is 6.92 Å². The Kier molecular flexibility index (Phi) is 3.32. The number of amides is 1. The molecule has 4 nitrogen and oxygen atoms in total. The highest BCUT2D eigenvalue weighted by molar-refractivity contribution is 5.89. The average molecular weight is 145 g/mol. The van der Waals surface area contributed by atoms with Crippen LogP contribution in [0.3, 0.4) is 0 Å². The summed E-state index contributed by atoms with van der Waals surface area (Å²) in [5, 5.41) is 17.5. The molecule has 0 fully saturated rings. The minimum atomic E-state index is -0.994. The van der Waals surface area contributed by atoms with Crippen molar-refractivity contribution in [1.29, 1.82) is 0 Å². The van der Waals surface area contributed by atoms with Gasteiger partial charge in [0, 0.05) is 6.42 Å². The Morgan fingerprint density at radius 3 is 2.30 bits per heavy atom. The van der Waals surface area contributed by atoms with Crippen LogP contribution in [0.4, 0.5) is 0 Å². The van der Waals surface area contributed by atoms with Crippen molar-refractivity contribution in [3.63, 3.8) is 0 Å². The topological polar surface area (TPSA) is 83.6 Å². The number of nitrogens with two attached hydrogens (primary N) is 1. The molecule has 1 amide bonds. The number of aliphatic hydroxyl groups is 2. The first kappa shape index (κ1) is 8.81. The second-order valence-corrected chi connectivity index (χ2v) is 1.91. The van der Waals surface area contributed by atoms with Gasteiger partial charge in [0.1, 0.15) is 5.76 Å². The van der Waals surface area contributed by atoms with Gasteiger partial charge >= 0.3 is 0 Å². The van der Waals surface area contributed by atoms with Crippen LogP contribution in [0.5, 0.6) is 0 Å². The van der Waals surface area contributed by atoms with Gasteiger partial charge in [-0.2, -0.15) is 0 Å². The molecule has 0 spiro atoms. The number of hydrogen-bond donors (Lipinski definition) is 3. The first-order valence-electron chi connectivity index (χ1n) is 3.00. The molecule has 0 bridgehead atoms. The van der Waals surface area contributed by atoms with E-state index in [2.05, 4.69) is 5.73 Å². The zero-order valence-electron chi connectivity index (χ0n) is 5.79. The fraction of sp³-hybridized carbons (Fsp3) is 0.500. The highest BCUT2D eigenvalue weighted by Gasteiger charge is 2.07. The number of carbonyl (C=O) groups excluding carboxylic acids is 1. The van der Waals surface area contributed by atoms with Crippen molar-refractivity contribution in [2.45, 2.75) is 19.8 Å². The van der Waals surface area contributed by atoms with E-state index in [0.29, 0.717) is 6.42 Å². The van der Waals surface area contributed by atoms with Crippen molar-refractivity contribution in [3.8, 4) is 0 Å². The van der Waals surface area contributed by atoms with Crippen molar-refractivity contribution >= 4 is 5.91 Å². The Bertz CT molecular complexity index is 162. The molecule has 0 radical (unpaired) electrons. The second-order valence-electron chi connectivity index (χ2n) is 1.91. The number of hydrogen-bond acceptors (Lipinski definition) is 3. The molecule has 0 saturated carbocycles. The van der Waals surface area contributed by atoms with Crippen molar-refractivity contribution in [2.24, 2.45) is 5.73 Å². The molecule has 0 heterocycles. The molecule has 4 N–H and O–H groups in total. The second kappa shape index (κ2) is 3.76. The molecule has 0 atom stereocenters. The lowest BCUT2D eigenvalue weighted by atomic mass is 10.2. The maximum absolute atomic E-state index is 10.2. The Balaban J connectivity index is 4.19. The van der Waals surface area contributed by atoms with Gasteiger partial charge in [0.25, 0.3) is 5.91 Å². The number of carbonyl (C=O) groups is 1. The lowest BCUT2D eigenvalue weighted by molar-refractivity contribution is -0.117. The van der Waals surface area contributed by atoms with E-state index in [9.17, 15) is 4.79 Å². The summed E-state index contributed by atoms with van der Waals surface area (Å²) < 4.78 is 0. The van der Waals surface area contributed by atoms with E-state index in [-0.39, 0.29) is 12.2 Å². The Labute approximate surface area is 59.0 Å². The Morgan fingerprint density at radius 1 is 1.50 bits per heavy atom. The molecule has 0 rings (SSSR count). The van der Waals surface area contributed by atoms with Crippen LogP contribution in [0.25, 0.3) is 0 Å². The van der Waals surface area contributed by atoms with Crippen LogP contribution < -0.4 is 5.73 Å². The normalized spacial score (nSPS) is 12.5. The lowest BCUT2D eigenvalue weighted by Gasteiger charge is -1.97. The number of rotatable bonds is 3. The lowest BCUT2D eigenvalue weighted by Crippen LogP contribution is -2.15. The summed E-state index contributed by atoms with van der Waals surface area (Å²) in [5.74, 6) is -2.07. The first-order chi connectivity index (χ1) is 4.59. The first-order valence-corrected chi connectivity index (χ1v) is 3.00. The smallest absolute Gasteiger partial charge is 0.287 e. The van der Waals surface area contributed by atoms with E-state index in [4.69, 9.17) is 10.2 Å². The van der Waals surface area contributed by atoms with Crippen LogP contribution in [-0.2, 0) is 4.79 Å². The molecule has 0 saturated heterocycles. The minimum Gasteiger partial charge on any atom is -0.508 e. The number of allylic oxidation sites excluding steroid dienone is 1. The van der Waals surface area contributed by atoms with E-state index in [1.54, 1.807) is 0 Å². The summed E-state index contributed by atoms with van der Waals surface area (Å²) in [6.07, 6.45) is 0.929. The third kappa shape index (κ3) is 2.39. The highest BCUT2D eigenvalue weighted by Crippen LogP contribution is 2.03. The summed E-state index contributed by atoms with van der Waals surface area (Å²) in [6, 6.07) is 0. The van der Waals surface area contributed by atoms with Crippen LogP contribution in [0.15, 0.2) is 11.5 Å². The summed E-state index contributed by atoms with van der Waals surface area (Å²) >= 11 is 0. The van der Waals surface area contributed by atoms with Gasteiger partial charge in [-0.15, -0.1) is 0 Å². The Hall–Kier alpha value is -1.19. The fourth-order valence-electron chi connectivity index (χ4n) is 0.497. The van der Waals surface area contributed by atoms with Gasteiger partial charge in [0.05, 0.1) is 0 Å². The van der Waals surface area contributed by atoms with Gasteiger partial charge in [0.2, 0.25) is 5.76 Å². The molecule has 0 aromatic heterocycles. The third-order valence-electron chi connectivity index (χ3n) is 0.994. The van der Waals surface area contributed by atoms with E-state index < -0.39 is 11.7 Å². The van der Waals surface area contributed by atoms with Crippen molar-refractivity contribution < 1.29 is 15.0 Å². The summed E-state index contributed by atoms with van der Waals surface area (Å²) in [5.41, 5.74) is 4.66. The fourth-order valence-corrected chi connectivity index (χ4v) is 0.497. The molecular weight excluding hydrogens is 134 g/mol. The molecule has 10 heavy (non-hydrogen) atoms. The molecule has 0 aliphatic rings. The molecule has 58 valence electrons. The zero-order valence-corrected chi connectivity index (χ0v) is 5.79. The van der Waals surface area contributed by atoms with Crippen LogP contribution in [0.2, 0.25) is 0 Å². The monoisotopic (exact) mass is 145 g/mol. The van der Waals surface area contributed by atoms with Crippen LogP contribution in [0, 0.1) is 0 Å². The van der Waals surface area contributed by atoms with Crippen LogP contribution in [-0.4, -0.2) is 16.1 Å². The SMILES string of the molecule is CCC/C(O)=C(/O)C(N)=O. The molecular formula is C6H11NO3. The molecule has 0 unspecified atom stereocenters. The number of primary amides is 1. The van der Waals surface area contributed by atoms with Gasteiger partial charge < -0.3 is 15.9 Å². The summed E-state index contributed by atoms with van der Waals surface area (Å²) in [4.78, 5) is 10.2. The minimum absolute atomic E-state index is 0.273. The number of aliphatic hydroxyl groups excluding tert-OH is 2. The zero-order chi connectivity index (χ0) is 8.15. The molecule has 0 aromatic rings. The molecule has 0 aliphatic carbocycles. The quantitative estimate of drug-likeness (QED) is 0.401. The third-order valence-corrected chi connectivity index (χ3v) is 0.994. The maximum atomic E-state index is 10.2. The van der Waals surface area contributed by atoms with Gasteiger partial charge in [-0.05, 0) is 6.42 Å². The van der Waals surface area contributed by atoms with E-state index >= 15 is 0 Å².